The van der Waals surface area contributed by atoms with Gasteiger partial charge in [-0.25, -0.2) is 0 Å². The molecule has 3 heteroatoms. The Balaban J connectivity index is 0.955. The summed E-state index contributed by atoms with van der Waals surface area (Å²) in [6.45, 7) is 4.75. The quantitative estimate of drug-likeness (QED) is 0.168. The molecule has 0 unspecified atom stereocenters. The smallest absolute Gasteiger partial charge is 0.0462 e. The average Bonchev–Trinajstić information content (AvgIpc) is 3.45. The molecule has 0 fully saturated rings. The van der Waals surface area contributed by atoms with Crippen molar-refractivity contribution in [1.29, 1.82) is 0 Å². The summed E-state index contributed by atoms with van der Waals surface area (Å²) >= 11 is 3.80. The number of nitrogens with zero attached hydrogens (tertiary/aromatic N) is 1. The highest BCUT2D eigenvalue weighted by atomic mass is 32.2. The maximum atomic E-state index is 2.46. The van der Waals surface area contributed by atoms with Crippen LogP contribution < -0.4 is 4.90 Å². The van der Waals surface area contributed by atoms with E-state index in [0.717, 1.165) is 17.1 Å². The van der Waals surface area contributed by atoms with Crippen LogP contribution in [0.3, 0.4) is 0 Å². The van der Waals surface area contributed by atoms with E-state index >= 15 is 0 Å². The summed E-state index contributed by atoms with van der Waals surface area (Å²) in [7, 11) is 0. The van der Waals surface area contributed by atoms with Crippen LogP contribution in [-0.4, -0.2) is 0 Å². The maximum Gasteiger partial charge on any atom is 0.0462 e. The van der Waals surface area contributed by atoms with Gasteiger partial charge >= 0.3 is 0 Å². The molecule has 0 radical (unpaired) electrons. The Labute approximate surface area is 326 Å². The number of hydrogen-bond acceptors (Lipinski definition) is 3. The van der Waals surface area contributed by atoms with Gasteiger partial charge in [0.25, 0.3) is 0 Å². The second-order valence-electron chi connectivity index (χ2n) is 14.6. The maximum absolute atomic E-state index is 2.46. The molecule has 8 aromatic carbocycles. The zero-order chi connectivity index (χ0) is 36.2. The van der Waals surface area contributed by atoms with Gasteiger partial charge in [-0.2, -0.15) is 0 Å². The van der Waals surface area contributed by atoms with Crippen LogP contribution in [0.1, 0.15) is 25.0 Å². The van der Waals surface area contributed by atoms with Crippen molar-refractivity contribution in [3.8, 4) is 44.5 Å². The first-order valence-corrected chi connectivity index (χ1v) is 20.1. The number of anilines is 3. The molecular weight excluding hydrogens is 691 g/mol. The molecule has 2 aliphatic rings. The van der Waals surface area contributed by atoms with Gasteiger partial charge in [0.05, 0.1) is 0 Å². The first kappa shape index (κ1) is 32.9. The zero-order valence-corrected chi connectivity index (χ0v) is 31.8. The van der Waals surface area contributed by atoms with Crippen LogP contribution in [0.5, 0.6) is 0 Å². The van der Waals surface area contributed by atoms with E-state index in [1.54, 1.807) is 0 Å². The average molecular weight is 728 g/mol. The third-order valence-corrected chi connectivity index (χ3v) is 13.5. The van der Waals surface area contributed by atoms with Gasteiger partial charge in [0.2, 0.25) is 0 Å². The van der Waals surface area contributed by atoms with E-state index in [-0.39, 0.29) is 5.41 Å². The minimum Gasteiger partial charge on any atom is -0.311 e. The third-order valence-electron chi connectivity index (χ3n) is 11.0. The highest BCUT2D eigenvalue weighted by Gasteiger charge is 2.37. The lowest BCUT2D eigenvalue weighted by molar-refractivity contribution is 0.657. The van der Waals surface area contributed by atoms with Gasteiger partial charge in [-0.05, 0) is 122 Å². The molecule has 8 aromatic rings. The Kier molecular flexibility index (Phi) is 8.09. The largest absolute Gasteiger partial charge is 0.311 e. The molecule has 0 aromatic heterocycles. The molecule has 0 amide bonds. The van der Waals surface area contributed by atoms with Crippen molar-refractivity contribution < 1.29 is 0 Å². The van der Waals surface area contributed by atoms with Gasteiger partial charge in [-0.3, -0.25) is 0 Å². The predicted molar refractivity (Wildman–Crippen MR) is 230 cm³/mol. The van der Waals surface area contributed by atoms with E-state index < -0.39 is 0 Å². The van der Waals surface area contributed by atoms with Crippen molar-refractivity contribution in [2.45, 2.75) is 38.8 Å². The summed E-state index contributed by atoms with van der Waals surface area (Å²) in [5.41, 5.74) is 16.2. The Morgan fingerprint density at radius 3 is 1.31 bits per heavy atom. The molecule has 0 atom stereocenters. The van der Waals surface area contributed by atoms with Gasteiger partial charge in [0, 0.05) is 42.1 Å². The molecule has 0 saturated carbocycles. The topological polar surface area (TPSA) is 3.24 Å². The summed E-state index contributed by atoms with van der Waals surface area (Å²) < 4.78 is 0. The first-order chi connectivity index (χ1) is 26.5. The van der Waals surface area contributed by atoms with Crippen molar-refractivity contribution in [3.05, 3.63) is 199 Å². The molecule has 258 valence electrons. The molecule has 1 nitrogen and oxygen atoms in total. The van der Waals surface area contributed by atoms with E-state index in [2.05, 4.69) is 207 Å². The van der Waals surface area contributed by atoms with Crippen LogP contribution in [0.15, 0.2) is 208 Å². The van der Waals surface area contributed by atoms with Crippen LogP contribution in [-0.2, 0) is 5.41 Å². The fourth-order valence-corrected chi connectivity index (χ4v) is 10.3. The molecule has 1 aliphatic heterocycles. The summed E-state index contributed by atoms with van der Waals surface area (Å²) in [6, 6.07) is 68.8. The number of rotatable bonds is 6. The fourth-order valence-electron chi connectivity index (χ4n) is 8.07. The number of benzene rings is 8. The van der Waals surface area contributed by atoms with Crippen LogP contribution >= 0.6 is 23.5 Å². The van der Waals surface area contributed by atoms with Gasteiger partial charge in [0.15, 0.2) is 0 Å². The van der Waals surface area contributed by atoms with E-state index in [4.69, 9.17) is 0 Å². The van der Waals surface area contributed by atoms with E-state index in [0.29, 0.717) is 0 Å². The normalized spacial score (nSPS) is 13.4. The Bertz CT molecular complexity index is 2650. The van der Waals surface area contributed by atoms with Gasteiger partial charge in [0.1, 0.15) is 0 Å². The Morgan fingerprint density at radius 2 is 0.741 bits per heavy atom. The zero-order valence-electron chi connectivity index (χ0n) is 30.2. The number of hydrogen-bond donors (Lipinski definition) is 0. The summed E-state index contributed by atoms with van der Waals surface area (Å²) in [5, 5.41) is 0. The molecule has 0 saturated heterocycles. The lowest BCUT2D eigenvalue weighted by Gasteiger charge is -2.26. The van der Waals surface area contributed by atoms with Crippen LogP contribution in [0.25, 0.3) is 44.5 Å². The first-order valence-electron chi connectivity index (χ1n) is 18.5. The number of fused-ring (bicyclic) bond motifs is 5. The fraction of sp³-hybridized carbons (Fsp3) is 0.0588. The summed E-state index contributed by atoms with van der Waals surface area (Å²) in [4.78, 5) is 7.75. The van der Waals surface area contributed by atoms with Crippen molar-refractivity contribution in [2.75, 3.05) is 4.90 Å². The second-order valence-corrected chi connectivity index (χ2v) is 16.8. The predicted octanol–water partition coefficient (Wildman–Crippen LogP) is 15.1. The molecule has 1 heterocycles. The molecular formula is C51H37NS2. The van der Waals surface area contributed by atoms with Gasteiger partial charge in [-0.1, -0.05) is 159 Å². The van der Waals surface area contributed by atoms with Crippen LogP contribution in [0.4, 0.5) is 17.1 Å². The number of para-hydroxylation sites is 1. The molecule has 0 spiro atoms. The second kappa shape index (κ2) is 13.3. The SMILES string of the molecule is CC1(C)c2ccc(-c3ccc(N(c4ccccc4)c4ccc(-c5ccc(-c6ccccc6)cc5)cc4)cc3)cc2-c2cc3c(cc21)Sc1ccccc1S3. The van der Waals surface area contributed by atoms with Crippen molar-refractivity contribution in [2.24, 2.45) is 0 Å². The lowest BCUT2D eigenvalue weighted by atomic mass is 9.82. The van der Waals surface area contributed by atoms with E-state index in [1.165, 1.54) is 75.2 Å². The standard InChI is InChI=1S/C51H37NS2/c1-51(2)45-30-25-39(31-43(45)44-32-49-50(33-46(44)51)54-48-16-10-9-15-47(48)53-49)38-23-28-42(29-24-38)52(40-13-7-4-8-14-40)41-26-21-37(22-27-41)36-19-17-35(18-20-36)34-11-5-3-6-12-34/h3-33H,1-2H3. The van der Waals surface area contributed by atoms with E-state index in [1.807, 2.05) is 23.5 Å². The Hall–Kier alpha value is -5.74. The molecule has 0 N–H and O–H groups in total. The van der Waals surface area contributed by atoms with Crippen molar-refractivity contribution in [1.82, 2.24) is 0 Å². The summed E-state index contributed by atoms with van der Waals surface area (Å²) in [5.74, 6) is 0. The third kappa shape index (κ3) is 5.76. The minimum atomic E-state index is -0.0539. The lowest BCUT2D eigenvalue weighted by Crippen LogP contribution is -2.15. The highest BCUT2D eigenvalue weighted by molar-refractivity contribution is 8.05. The van der Waals surface area contributed by atoms with Gasteiger partial charge in [-0.15, -0.1) is 0 Å². The molecule has 0 bridgehead atoms. The van der Waals surface area contributed by atoms with Crippen LogP contribution in [0, 0.1) is 0 Å². The Morgan fingerprint density at radius 1 is 0.333 bits per heavy atom. The van der Waals surface area contributed by atoms with E-state index in [9.17, 15) is 0 Å². The highest BCUT2D eigenvalue weighted by Crippen LogP contribution is 2.56. The monoisotopic (exact) mass is 727 g/mol. The van der Waals surface area contributed by atoms with Crippen molar-refractivity contribution >= 4 is 40.6 Å². The van der Waals surface area contributed by atoms with Gasteiger partial charge < -0.3 is 4.90 Å². The molecule has 1 aliphatic carbocycles. The molecule has 54 heavy (non-hydrogen) atoms. The molecule has 10 rings (SSSR count). The minimum absolute atomic E-state index is 0.0539. The summed E-state index contributed by atoms with van der Waals surface area (Å²) in [6.07, 6.45) is 0. The van der Waals surface area contributed by atoms with Crippen LogP contribution in [0.2, 0.25) is 0 Å². The van der Waals surface area contributed by atoms with Crippen molar-refractivity contribution in [3.63, 3.8) is 0 Å².